The van der Waals surface area contributed by atoms with Crippen LogP contribution in [0, 0.1) is 0 Å². The lowest BCUT2D eigenvalue weighted by Crippen LogP contribution is -2.09. The first-order chi connectivity index (χ1) is 14.4. The summed E-state index contributed by atoms with van der Waals surface area (Å²) in [5.74, 6) is 0. The maximum Gasteiger partial charge on any atom is 0.229 e. The fourth-order valence-corrected chi connectivity index (χ4v) is 4.20. The number of H-pyrrole nitrogens is 1. The van der Waals surface area contributed by atoms with E-state index >= 15 is 0 Å². The van der Waals surface area contributed by atoms with Crippen LogP contribution in [0.4, 0.5) is 5.69 Å². The van der Waals surface area contributed by atoms with Crippen molar-refractivity contribution >= 4 is 37.6 Å². The highest BCUT2D eigenvalue weighted by Crippen LogP contribution is 2.35. The number of anilines is 1. The van der Waals surface area contributed by atoms with E-state index in [9.17, 15) is 8.42 Å². The van der Waals surface area contributed by atoms with Crippen LogP contribution in [-0.4, -0.2) is 39.6 Å². The second kappa shape index (κ2) is 6.67. The number of benzene rings is 2. The maximum absolute atomic E-state index is 11.7. The standard InChI is InChI=1S/C21H18N6O2S/c1-27-21-18(12-23-27)16(13-5-3-6-14(9-13)26-30(2,28)29)10-20(24-21)15-7-4-8-19-17(15)11-22-25-19/h3-12,26H,1-2H3,(H,22,25). The Kier molecular flexibility index (Phi) is 4.07. The number of rotatable bonds is 4. The molecule has 30 heavy (non-hydrogen) atoms. The molecule has 8 nitrogen and oxygen atoms in total. The number of nitrogens with one attached hydrogen (secondary N) is 2. The Hall–Kier alpha value is -3.72. The highest BCUT2D eigenvalue weighted by atomic mass is 32.2. The summed E-state index contributed by atoms with van der Waals surface area (Å²) in [5, 5.41) is 13.4. The van der Waals surface area contributed by atoms with Crippen molar-refractivity contribution in [2.75, 3.05) is 11.0 Å². The van der Waals surface area contributed by atoms with Crippen molar-refractivity contribution in [3.8, 4) is 22.4 Å². The normalized spacial score (nSPS) is 11.9. The average molecular weight is 418 g/mol. The van der Waals surface area contributed by atoms with E-state index < -0.39 is 10.0 Å². The number of pyridine rings is 1. The molecule has 0 radical (unpaired) electrons. The molecule has 0 bridgehead atoms. The summed E-state index contributed by atoms with van der Waals surface area (Å²) in [6, 6.07) is 15.2. The number of nitrogens with zero attached hydrogens (tertiary/aromatic N) is 4. The van der Waals surface area contributed by atoms with Crippen LogP contribution in [0.3, 0.4) is 0 Å². The molecule has 5 rings (SSSR count). The molecule has 0 saturated carbocycles. The fraction of sp³-hybridized carbons (Fsp3) is 0.0952. The second-order valence-corrected chi connectivity index (χ2v) is 8.90. The summed E-state index contributed by atoms with van der Waals surface area (Å²) in [7, 11) is -1.52. The van der Waals surface area contributed by atoms with Crippen LogP contribution in [0.15, 0.2) is 60.9 Å². The minimum absolute atomic E-state index is 0.502. The van der Waals surface area contributed by atoms with E-state index in [1.165, 1.54) is 0 Å². The summed E-state index contributed by atoms with van der Waals surface area (Å²) in [6.07, 6.45) is 4.70. The summed E-state index contributed by atoms with van der Waals surface area (Å²) >= 11 is 0. The Bertz CT molecular complexity index is 1520. The van der Waals surface area contributed by atoms with E-state index in [4.69, 9.17) is 4.98 Å². The van der Waals surface area contributed by atoms with E-state index in [0.717, 1.165) is 50.6 Å². The molecule has 0 atom stereocenters. The van der Waals surface area contributed by atoms with Crippen LogP contribution in [0.1, 0.15) is 0 Å². The molecule has 9 heteroatoms. The van der Waals surface area contributed by atoms with Crippen molar-refractivity contribution in [3.63, 3.8) is 0 Å². The summed E-state index contributed by atoms with van der Waals surface area (Å²) < 4.78 is 27.6. The Labute approximate surface area is 172 Å². The predicted molar refractivity (Wildman–Crippen MR) is 117 cm³/mol. The molecule has 2 aromatic carbocycles. The average Bonchev–Trinajstić information content (AvgIpc) is 3.33. The predicted octanol–water partition coefficient (Wildman–Crippen LogP) is 3.55. The number of aryl methyl sites for hydroxylation is 1. The number of aromatic amines is 1. The monoisotopic (exact) mass is 418 g/mol. The van der Waals surface area contributed by atoms with Crippen molar-refractivity contribution < 1.29 is 8.42 Å². The molecule has 0 aliphatic rings. The van der Waals surface area contributed by atoms with Gasteiger partial charge in [0.15, 0.2) is 5.65 Å². The van der Waals surface area contributed by atoms with E-state index in [1.807, 2.05) is 49.5 Å². The fourth-order valence-electron chi connectivity index (χ4n) is 3.65. The van der Waals surface area contributed by atoms with Crippen LogP contribution >= 0.6 is 0 Å². The quantitative estimate of drug-likeness (QED) is 0.464. The number of hydrogen-bond acceptors (Lipinski definition) is 5. The van der Waals surface area contributed by atoms with Gasteiger partial charge in [0.05, 0.1) is 29.9 Å². The number of fused-ring (bicyclic) bond motifs is 2. The molecule has 5 aromatic rings. The Morgan fingerprint density at radius 2 is 1.83 bits per heavy atom. The van der Waals surface area contributed by atoms with E-state index in [0.29, 0.717) is 5.69 Å². The second-order valence-electron chi connectivity index (χ2n) is 7.15. The highest BCUT2D eigenvalue weighted by molar-refractivity contribution is 7.92. The van der Waals surface area contributed by atoms with Crippen LogP contribution in [-0.2, 0) is 17.1 Å². The van der Waals surface area contributed by atoms with Gasteiger partial charge in [-0.25, -0.2) is 13.4 Å². The topological polar surface area (TPSA) is 106 Å². The lowest BCUT2D eigenvalue weighted by Gasteiger charge is -2.11. The van der Waals surface area contributed by atoms with Gasteiger partial charge in [0.25, 0.3) is 0 Å². The van der Waals surface area contributed by atoms with Gasteiger partial charge in [-0.2, -0.15) is 10.2 Å². The zero-order chi connectivity index (χ0) is 20.9. The van der Waals surface area contributed by atoms with Crippen LogP contribution in [0.25, 0.3) is 44.3 Å². The molecule has 0 aliphatic heterocycles. The van der Waals surface area contributed by atoms with Gasteiger partial charge >= 0.3 is 0 Å². The molecular weight excluding hydrogens is 400 g/mol. The van der Waals surface area contributed by atoms with Crippen LogP contribution < -0.4 is 4.72 Å². The number of aromatic nitrogens is 5. The summed E-state index contributed by atoms with van der Waals surface area (Å²) in [5.41, 5.74) is 5.70. The Balaban J connectivity index is 1.75. The van der Waals surface area contributed by atoms with Crippen molar-refractivity contribution in [2.24, 2.45) is 7.05 Å². The lowest BCUT2D eigenvalue weighted by molar-refractivity contribution is 0.607. The minimum Gasteiger partial charge on any atom is -0.284 e. The van der Waals surface area contributed by atoms with E-state index in [1.54, 1.807) is 23.1 Å². The van der Waals surface area contributed by atoms with Gasteiger partial charge in [-0.1, -0.05) is 24.3 Å². The molecule has 0 amide bonds. The molecule has 2 N–H and O–H groups in total. The van der Waals surface area contributed by atoms with E-state index in [-0.39, 0.29) is 0 Å². The highest BCUT2D eigenvalue weighted by Gasteiger charge is 2.15. The third kappa shape index (κ3) is 3.18. The van der Waals surface area contributed by atoms with Crippen LogP contribution in [0.2, 0.25) is 0 Å². The van der Waals surface area contributed by atoms with Crippen molar-refractivity contribution in [2.45, 2.75) is 0 Å². The van der Waals surface area contributed by atoms with Gasteiger partial charge in [0.1, 0.15) is 0 Å². The van der Waals surface area contributed by atoms with Crippen LogP contribution in [0.5, 0.6) is 0 Å². The molecule has 0 unspecified atom stereocenters. The van der Waals surface area contributed by atoms with Gasteiger partial charge in [-0.05, 0) is 35.4 Å². The zero-order valence-electron chi connectivity index (χ0n) is 16.3. The Morgan fingerprint density at radius 1 is 1.00 bits per heavy atom. The first-order valence-corrected chi connectivity index (χ1v) is 11.1. The largest absolute Gasteiger partial charge is 0.284 e. The molecule has 3 aromatic heterocycles. The van der Waals surface area contributed by atoms with E-state index in [2.05, 4.69) is 20.0 Å². The third-order valence-corrected chi connectivity index (χ3v) is 5.55. The Morgan fingerprint density at radius 3 is 2.67 bits per heavy atom. The molecule has 0 saturated heterocycles. The van der Waals surface area contributed by atoms with Crippen molar-refractivity contribution in [1.82, 2.24) is 25.0 Å². The first-order valence-electron chi connectivity index (χ1n) is 9.22. The minimum atomic E-state index is -3.37. The summed E-state index contributed by atoms with van der Waals surface area (Å²) in [4.78, 5) is 4.85. The SMILES string of the molecule is Cn1ncc2c(-c3cccc(NS(C)(=O)=O)c3)cc(-c3cccc4[nH]ncc34)nc21. The summed E-state index contributed by atoms with van der Waals surface area (Å²) in [6.45, 7) is 0. The van der Waals surface area contributed by atoms with Crippen molar-refractivity contribution in [3.05, 3.63) is 60.9 Å². The molecular formula is C21H18N6O2S. The molecule has 0 spiro atoms. The van der Waals surface area contributed by atoms with Gasteiger partial charge in [-0.3, -0.25) is 14.5 Å². The zero-order valence-corrected chi connectivity index (χ0v) is 17.1. The van der Waals surface area contributed by atoms with Gasteiger partial charge < -0.3 is 0 Å². The molecule has 3 heterocycles. The smallest absolute Gasteiger partial charge is 0.229 e. The number of sulfonamides is 1. The van der Waals surface area contributed by atoms with Gasteiger partial charge in [0, 0.05) is 29.1 Å². The molecule has 150 valence electrons. The third-order valence-electron chi connectivity index (χ3n) is 4.94. The van der Waals surface area contributed by atoms with Crippen molar-refractivity contribution in [1.29, 1.82) is 0 Å². The molecule has 0 fully saturated rings. The lowest BCUT2D eigenvalue weighted by atomic mass is 9.99. The first kappa shape index (κ1) is 18.3. The van der Waals surface area contributed by atoms with Gasteiger partial charge in [0.2, 0.25) is 10.0 Å². The number of hydrogen-bond donors (Lipinski definition) is 2. The maximum atomic E-state index is 11.7. The molecule has 0 aliphatic carbocycles. The van der Waals surface area contributed by atoms with Gasteiger partial charge in [-0.15, -0.1) is 0 Å².